The van der Waals surface area contributed by atoms with Crippen molar-refractivity contribution in [2.24, 2.45) is 5.92 Å². The van der Waals surface area contributed by atoms with E-state index in [1.54, 1.807) is 0 Å². The summed E-state index contributed by atoms with van der Waals surface area (Å²) in [4.78, 5) is 2.79. The van der Waals surface area contributed by atoms with Crippen LogP contribution in [0.4, 0.5) is 0 Å². The standard InChI is InChI=1S/C28H59N/c1-5-8-11-13-16-21-26-29(25-20-10-7-3)27-22-17-14-15-19-24-28(4)23-18-12-9-6-2/h28H,5-27H2,1-4H3. The minimum atomic E-state index is 0.957. The molecule has 0 saturated heterocycles. The van der Waals surface area contributed by atoms with Gasteiger partial charge in [0.15, 0.2) is 0 Å². The van der Waals surface area contributed by atoms with Gasteiger partial charge in [-0.1, -0.05) is 137 Å². The molecule has 0 aliphatic carbocycles. The van der Waals surface area contributed by atoms with Crippen molar-refractivity contribution in [3.63, 3.8) is 0 Å². The van der Waals surface area contributed by atoms with Crippen molar-refractivity contribution in [2.45, 2.75) is 156 Å². The third-order valence-electron chi connectivity index (χ3n) is 6.63. The van der Waals surface area contributed by atoms with Gasteiger partial charge in [-0.05, 0) is 44.8 Å². The highest BCUT2D eigenvalue weighted by atomic mass is 15.1. The van der Waals surface area contributed by atoms with Crippen LogP contribution in [0.15, 0.2) is 0 Å². The van der Waals surface area contributed by atoms with Crippen molar-refractivity contribution in [3.8, 4) is 0 Å². The smallest absolute Gasteiger partial charge is 0.00187 e. The number of hydrogen-bond acceptors (Lipinski definition) is 1. The van der Waals surface area contributed by atoms with Crippen LogP contribution in [0, 0.1) is 5.92 Å². The predicted molar refractivity (Wildman–Crippen MR) is 135 cm³/mol. The number of hydrogen-bond donors (Lipinski definition) is 0. The van der Waals surface area contributed by atoms with Crippen LogP contribution in [0.5, 0.6) is 0 Å². The first-order chi connectivity index (χ1) is 14.2. The van der Waals surface area contributed by atoms with Gasteiger partial charge in [0.1, 0.15) is 0 Å². The van der Waals surface area contributed by atoms with Crippen LogP contribution in [0.3, 0.4) is 0 Å². The lowest BCUT2D eigenvalue weighted by Crippen LogP contribution is -2.27. The summed E-state index contributed by atoms with van der Waals surface area (Å²) in [6.45, 7) is 13.5. The maximum absolute atomic E-state index is 2.79. The maximum atomic E-state index is 2.79. The summed E-state index contributed by atoms with van der Waals surface area (Å²) in [5, 5.41) is 0. The van der Waals surface area contributed by atoms with Gasteiger partial charge in [0, 0.05) is 0 Å². The lowest BCUT2D eigenvalue weighted by Gasteiger charge is -2.22. The minimum Gasteiger partial charge on any atom is -0.303 e. The molecule has 29 heavy (non-hydrogen) atoms. The predicted octanol–water partition coefficient (Wildman–Crippen LogP) is 9.79. The highest BCUT2D eigenvalue weighted by molar-refractivity contribution is 4.60. The summed E-state index contributed by atoms with van der Waals surface area (Å²) in [5.74, 6) is 0.957. The Balaban J connectivity index is 3.66. The molecule has 1 atom stereocenters. The van der Waals surface area contributed by atoms with Gasteiger partial charge in [-0.25, -0.2) is 0 Å². The van der Waals surface area contributed by atoms with Crippen LogP contribution in [0.1, 0.15) is 156 Å². The molecule has 1 unspecified atom stereocenters. The van der Waals surface area contributed by atoms with Crippen LogP contribution < -0.4 is 0 Å². The molecule has 0 aromatic rings. The molecule has 1 nitrogen and oxygen atoms in total. The van der Waals surface area contributed by atoms with E-state index in [0.29, 0.717) is 0 Å². The van der Waals surface area contributed by atoms with E-state index in [-0.39, 0.29) is 0 Å². The van der Waals surface area contributed by atoms with Gasteiger partial charge in [0.2, 0.25) is 0 Å². The van der Waals surface area contributed by atoms with Gasteiger partial charge < -0.3 is 4.90 Å². The molecule has 0 spiro atoms. The number of nitrogens with zero attached hydrogens (tertiary/aromatic N) is 1. The van der Waals surface area contributed by atoms with E-state index in [9.17, 15) is 0 Å². The van der Waals surface area contributed by atoms with Crippen molar-refractivity contribution < 1.29 is 0 Å². The molecule has 0 aliphatic rings. The Morgan fingerprint density at radius 1 is 0.414 bits per heavy atom. The Morgan fingerprint density at radius 2 is 0.724 bits per heavy atom. The first-order valence-electron chi connectivity index (χ1n) is 14.0. The zero-order chi connectivity index (χ0) is 21.4. The van der Waals surface area contributed by atoms with E-state index in [0.717, 1.165) is 5.92 Å². The molecule has 176 valence electrons. The van der Waals surface area contributed by atoms with Crippen LogP contribution in [-0.2, 0) is 0 Å². The van der Waals surface area contributed by atoms with Gasteiger partial charge in [-0.3, -0.25) is 0 Å². The Hall–Kier alpha value is -0.0400. The van der Waals surface area contributed by atoms with Gasteiger partial charge in [0.05, 0.1) is 0 Å². The molecule has 0 aliphatic heterocycles. The Bertz CT molecular complexity index is 288. The van der Waals surface area contributed by atoms with E-state index in [1.807, 2.05) is 0 Å². The van der Waals surface area contributed by atoms with Gasteiger partial charge in [0.25, 0.3) is 0 Å². The fourth-order valence-corrected chi connectivity index (χ4v) is 4.46. The molecule has 0 radical (unpaired) electrons. The molecular weight excluding hydrogens is 350 g/mol. The van der Waals surface area contributed by atoms with Gasteiger partial charge >= 0.3 is 0 Å². The largest absolute Gasteiger partial charge is 0.303 e. The molecule has 0 heterocycles. The number of unbranched alkanes of at least 4 members (excludes halogenated alkanes) is 14. The van der Waals surface area contributed by atoms with E-state index < -0.39 is 0 Å². The van der Waals surface area contributed by atoms with Gasteiger partial charge in [-0.2, -0.15) is 0 Å². The molecule has 0 saturated carbocycles. The summed E-state index contributed by atoms with van der Waals surface area (Å²) in [5.41, 5.74) is 0. The van der Waals surface area contributed by atoms with Crippen LogP contribution in [0.2, 0.25) is 0 Å². The van der Waals surface area contributed by atoms with Crippen LogP contribution >= 0.6 is 0 Å². The average molecular weight is 410 g/mol. The SMILES string of the molecule is CCCCCCCCN(CCCCC)CCCCCCCC(C)CCCCCC. The second-order valence-electron chi connectivity index (χ2n) is 9.83. The Labute approximate surface area is 186 Å². The minimum absolute atomic E-state index is 0.957. The lowest BCUT2D eigenvalue weighted by atomic mass is 9.96. The third kappa shape index (κ3) is 22.5. The summed E-state index contributed by atoms with van der Waals surface area (Å²) in [7, 11) is 0. The summed E-state index contributed by atoms with van der Waals surface area (Å²) in [6.07, 6.45) is 28.6. The Kier molecular flexibility index (Phi) is 24.2. The van der Waals surface area contributed by atoms with Crippen molar-refractivity contribution in [3.05, 3.63) is 0 Å². The first-order valence-corrected chi connectivity index (χ1v) is 14.0. The van der Waals surface area contributed by atoms with Crippen molar-refractivity contribution in [1.29, 1.82) is 0 Å². The molecular formula is C28H59N. The molecule has 0 aromatic carbocycles. The fourth-order valence-electron chi connectivity index (χ4n) is 4.46. The Morgan fingerprint density at radius 3 is 1.21 bits per heavy atom. The van der Waals surface area contributed by atoms with Crippen molar-refractivity contribution in [2.75, 3.05) is 19.6 Å². The molecule has 1 heteroatoms. The van der Waals surface area contributed by atoms with Crippen LogP contribution in [-0.4, -0.2) is 24.5 Å². The van der Waals surface area contributed by atoms with E-state index in [2.05, 4.69) is 32.6 Å². The molecule has 0 rings (SSSR count). The molecule has 0 bridgehead atoms. The van der Waals surface area contributed by atoms with Crippen LogP contribution in [0.25, 0.3) is 0 Å². The van der Waals surface area contributed by atoms with E-state index >= 15 is 0 Å². The van der Waals surface area contributed by atoms with Crippen molar-refractivity contribution in [1.82, 2.24) is 4.90 Å². The quantitative estimate of drug-likeness (QED) is 0.143. The fraction of sp³-hybridized carbons (Fsp3) is 1.00. The zero-order valence-corrected chi connectivity index (χ0v) is 21.3. The van der Waals surface area contributed by atoms with E-state index in [1.165, 1.54) is 148 Å². The molecule has 0 fully saturated rings. The van der Waals surface area contributed by atoms with Crippen molar-refractivity contribution >= 4 is 0 Å². The zero-order valence-electron chi connectivity index (χ0n) is 21.3. The van der Waals surface area contributed by atoms with E-state index in [4.69, 9.17) is 0 Å². The van der Waals surface area contributed by atoms with Gasteiger partial charge in [-0.15, -0.1) is 0 Å². The average Bonchev–Trinajstić information content (AvgIpc) is 2.72. The monoisotopic (exact) mass is 409 g/mol. The topological polar surface area (TPSA) is 3.24 Å². The highest BCUT2D eigenvalue weighted by Gasteiger charge is 2.05. The lowest BCUT2D eigenvalue weighted by molar-refractivity contribution is 0.254. The normalized spacial score (nSPS) is 12.7. The number of rotatable bonds is 24. The molecule has 0 aromatic heterocycles. The maximum Gasteiger partial charge on any atom is -0.00187 e. The summed E-state index contributed by atoms with van der Waals surface area (Å²) >= 11 is 0. The highest BCUT2D eigenvalue weighted by Crippen LogP contribution is 2.18. The molecule has 0 amide bonds. The molecule has 0 N–H and O–H groups in total. The third-order valence-corrected chi connectivity index (χ3v) is 6.63. The second kappa shape index (κ2) is 24.2. The first kappa shape index (κ1) is 29.0. The summed E-state index contributed by atoms with van der Waals surface area (Å²) < 4.78 is 0. The summed E-state index contributed by atoms with van der Waals surface area (Å²) in [6, 6.07) is 0. The second-order valence-corrected chi connectivity index (χ2v) is 9.83.